The predicted molar refractivity (Wildman–Crippen MR) is 148 cm³/mol. The first-order chi connectivity index (χ1) is 18.6. The molecular formula is C26H33FN10O2. The van der Waals surface area contributed by atoms with Crippen LogP contribution in [0.15, 0.2) is 36.8 Å². The van der Waals surface area contributed by atoms with Crippen molar-refractivity contribution in [2.75, 3.05) is 45.9 Å². The molecule has 0 saturated carbocycles. The van der Waals surface area contributed by atoms with Crippen LogP contribution < -0.4 is 31.1 Å². The number of nitrogens with one attached hydrogen (secondary N) is 4. The number of urea groups is 2. The van der Waals surface area contributed by atoms with E-state index < -0.39 is 11.8 Å². The van der Waals surface area contributed by atoms with Gasteiger partial charge in [-0.05, 0) is 64.9 Å². The number of nitrogens with zero attached hydrogens (tertiary/aromatic N) is 6. The van der Waals surface area contributed by atoms with Crippen LogP contribution in [0.5, 0.6) is 0 Å². The zero-order valence-corrected chi connectivity index (χ0v) is 22.5. The van der Waals surface area contributed by atoms with Crippen molar-refractivity contribution in [3.63, 3.8) is 0 Å². The van der Waals surface area contributed by atoms with Crippen LogP contribution in [-0.4, -0.2) is 58.0 Å². The van der Waals surface area contributed by atoms with Gasteiger partial charge in [0.2, 0.25) is 5.95 Å². The molecular weight excluding hydrogens is 503 g/mol. The van der Waals surface area contributed by atoms with Gasteiger partial charge in [-0.3, -0.25) is 14.5 Å². The number of amides is 4. The Labute approximate surface area is 226 Å². The van der Waals surface area contributed by atoms with Gasteiger partial charge in [-0.15, -0.1) is 0 Å². The summed E-state index contributed by atoms with van der Waals surface area (Å²) in [5.41, 5.74) is 1.39. The van der Waals surface area contributed by atoms with Gasteiger partial charge in [0.25, 0.3) is 0 Å². The number of halogens is 1. The largest absolute Gasteiger partial charge is 0.357 e. The predicted octanol–water partition coefficient (Wildman–Crippen LogP) is 3.95. The van der Waals surface area contributed by atoms with Gasteiger partial charge < -0.3 is 21.3 Å². The topological polar surface area (TPSA) is 132 Å². The third-order valence-electron chi connectivity index (χ3n) is 6.77. The van der Waals surface area contributed by atoms with Gasteiger partial charge in [0.1, 0.15) is 11.6 Å². The molecule has 39 heavy (non-hydrogen) atoms. The van der Waals surface area contributed by atoms with Crippen molar-refractivity contribution in [1.29, 1.82) is 0 Å². The molecule has 1 fully saturated rings. The maximum absolute atomic E-state index is 14.8. The molecule has 0 spiro atoms. The fourth-order valence-corrected chi connectivity index (χ4v) is 4.71. The van der Waals surface area contributed by atoms with E-state index >= 15 is 0 Å². The highest BCUT2D eigenvalue weighted by atomic mass is 19.1. The minimum Gasteiger partial charge on any atom is -0.357 e. The zero-order chi connectivity index (χ0) is 27.7. The Morgan fingerprint density at radius 1 is 1.15 bits per heavy atom. The van der Waals surface area contributed by atoms with E-state index in [1.165, 1.54) is 24.4 Å². The maximum Gasteiger partial charge on any atom is 0.330 e. The van der Waals surface area contributed by atoms with Crippen molar-refractivity contribution in [3.05, 3.63) is 48.2 Å². The smallest absolute Gasteiger partial charge is 0.330 e. The second-order valence-corrected chi connectivity index (χ2v) is 10.6. The van der Waals surface area contributed by atoms with Gasteiger partial charge in [0, 0.05) is 36.7 Å². The van der Waals surface area contributed by atoms with E-state index in [4.69, 9.17) is 0 Å². The Balaban J connectivity index is 1.40. The quantitative estimate of drug-likeness (QED) is 0.388. The Kier molecular flexibility index (Phi) is 7.08. The first-order valence-corrected chi connectivity index (χ1v) is 12.9. The van der Waals surface area contributed by atoms with Crippen LogP contribution in [-0.2, 0) is 12.1 Å². The SMILES string of the molecule is CNc1ncc2c(n1)N(C1CCNCC1)C(=O)N(c1ccc(F)c(NC(=O)Nc3cnn(C(C)(C)C)c3)c1)C2. The van der Waals surface area contributed by atoms with Crippen molar-refractivity contribution in [1.82, 2.24) is 25.1 Å². The molecule has 13 heteroatoms. The molecule has 0 radical (unpaired) electrons. The molecule has 1 saturated heterocycles. The van der Waals surface area contributed by atoms with Gasteiger partial charge >= 0.3 is 12.1 Å². The van der Waals surface area contributed by atoms with E-state index in [2.05, 4.69) is 36.3 Å². The van der Waals surface area contributed by atoms with E-state index in [-0.39, 0.29) is 29.8 Å². The lowest BCUT2D eigenvalue weighted by Gasteiger charge is -2.41. The van der Waals surface area contributed by atoms with Crippen molar-refractivity contribution >= 4 is 40.9 Å². The minimum atomic E-state index is -0.626. The second kappa shape index (κ2) is 10.5. The Morgan fingerprint density at radius 3 is 2.62 bits per heavy atom. The normalized spacial score (nSPS) is 16.2. The highest BCUT2D eigenvalue weighted by molar-refractivity contribution is 6.06. The number of piperidine rings is 1. The minimum absolute atomic E-state index is 0.0438. The van der Waals surface area contributed by atoms with Gasteiger partial charge in [-0.25, -0.2) is 19.0 Å². The number of hydrogen-bond donors (Lipinski definition) is 4. The van der Waals surface area contributed by atoms with Gasteiger partial charge in [0.15, 0.2) is 0 Å². The summed E-state index contributed by atoms with van der Waals surface area (Å²) >= 11 is 0. The van der Waals surface area contributed by atoms with E-state index in [9.17, 15) is 14.0 Å². The molecule has 3 aromatic rings. The number of fused-ring (bicyclic) bond motifs is 1. The number of aromatic nitrogens is 4. The highest BCUT2D eigenvalue weighted by Gasteiger charge is 2.38. The average molecular weight is 537 g/mol. The molecule has 2 aliphatic rings. The number of carbonyl (C=O) groups is 2. The van der Waals surface area contributed by atoms with Crippen LogP contribution in [0.4, 0.5) is 42.8 Å². The van der Waals surface area contributed by atoms with Crippen LogP contribution in [0.2, 0.25) is 0 Å². The van der Waals surface area contributed by atoms with Gasteiger partial charge in [-0.2, -0.15) is 10.1 Å². The van der Waals surface area contributed by atoms with E-state index in [1.807, 2.05) is 20.8 Å². The number of rotatable bonds is 5. The summed E-state index contributed by atoms with van der Waals surface area (Å²) in [6.45, 7) is 7.77. The summed E-state index contributed by atoms with van der Waals surface area (Å²) in [6, 6.07) is 3.29. The molecule has 0 unspecified atom stereocenters. The zero-order valence-electron chi connectivity index (χ0n) is 22.5. The van der Waals surface area contributed by atoms with Crippen LogP contribution in [0.3, 0.4) is 0 Å². The molecule has 2 aromatic heterocycles. The standard InChI is InChI=1S/C26H33FN10O2/c1-26(2,3)36-15-17(13-31-36)32-24(38)33-21-11-19(5-6-20(21)27)35-14-16-12-30-23(28-4)34-22(16)37(25(35)39)18-7-9-29-10-8-18/h5-6,11-13,15,18,29H,7-10,14H2,1-4H3,(H,28,30,34)(H2,32,33,38). The molecule has 4 N–H and O–H groups in total. The van der Waals surface area contributed by atoms with Crippen molar-refractivity contribution in [3.8, 4) is 0 Å². The lowest BCUT2D eigenvalue weighted by atomic mass is 10.0. The van der Waals surface area contributed by atoms with Crippen molar-refractivity contribution in [2.45, 2.75) is 51.7 Å². The first kappa shape index (κ1) is 26.4. The second-order valence-electron chi connectivity index (χ2n) is 10.6. The van der Waals surface area contributed by atoms with E-state index in [0.717, 1.165) is 31.5 Å². The summed E-state index contributed by atoms with van der Waals surface area (Å²) < 4.78 is 16.5. The molecule has 0 aliphatic carbocycles. The maximum atomic E-state index is 14.8. The monoisotopic (exact) mass is 536 g/mol. The Morgan fingerprint density at radius 2 is 1.92 bits per heavy atom. The fraction of sp³-hybridized carbons (Fsp3) is 0.423. The Bertz CT molecular complexity index is 1380. The first-order valence-electron chi connectivity index (χ1n) is 12.9. The highest BCUT2D eigenvalue weighted by Crippen LogP contribution is 2.35. The number of carbonyl (C=O) groups excluding carboxylic acids is 2. The molecule has 0 atom stereocenters. The summed E-state index contributed by atoms with van der Waals surface area (Å²) in [4.78, 5) is 38.8. The molecule has 4 amide bonds. The summed E-state index contributed by atoms with van der Waals surface area (Å²) in [5, 5.41) is 15.7. The van der Waals surface area contributed by atoms with Gasteiger partial charge in [-0.1, -0.05) is 0 Å². The lowest BCUT2D eigenvalue weighted by molar-refractivity contribution is 0.245. The molecule has 12 nitrogen and oxygen atoms in total. The lowest BCUT2D eigenvalue weighted by Crippen LogP contribution is -2.55. The molecule has 0 bridgehead atoms. The van der Waals surface area contributed by atoms with Crippen LogP contribution in [0.1, 0.15) is 39.2 Å². The molecule has 206 valence electrons. The number of hydrogen-bond acceptors (Lipinski definition) is 7. The third kappa shape index (κ3) is 5.48. The van der Waals surface area contributed by atoms with Crippen molar-refractivity contribution < 1.29 is 14.0 Å². The molecule has 4 heterocycles. The van der Waals surface area contributed by atoms with E-state index in [0.29, 0.717) is 23.1 Å². The number of benzene rings is 1. The average Bonchev–Trinajstić information content (AvgIpc) is 3.39. The third-order valence-corrected chi connectivity index (χ3v) is 6.77. The van der Waals surface area contributed by atoms with Gasteiger partial charge in [0.05, 0.1) is 29.7 Å². The summed E-state index contributed by atoms with van der Waals surface area (Å²) in [7, 11) is 1.73. The summed E-state index contributed by atoms with van der Waals surface area (Å²) in [6.07, 6.45) is 6.49. The van der Waals surface area contributed by atoms with Crippen LogP contribution >= 0.6 is 0 Å². The summed E-state index contributed by atoms with van der Waals surface area (Å²) in [5.74, 6) is 0.390. The van der Waals surface area contributed by atoms with Crippen LogP contribution in [0.25, 0.3) is 0 Å². The number of anilines is 5. The Hall–Kier alpha value is -4.26. The molecule has 2 aliphatic heterocycles. The molecule has 1 aromatic carbocycles. The van der Waals surface area contributed by atoms with Crippen LogP contribution in [0, 0.1) is 5.82 Å². The van der Waals surface area contributed by atoms with E-state index in [1.54, 1.807) is 33.9 Å². The molecule has 5 rings (SSSR count). The van der Waals surface area contributed by atoms with Crippen molar-refractivity contribution in [2.24, 2.45) is 0 Å². The fourth-order valence-electron chi connectivity index (χ4n) is 4.71.